The number of ether oxygens (including phenoxy) is 1. The van der Waals surface area contributed by atoms with Gasteiger partial charge >= 0.3 is 0 Å². The number of benzene rings is 1. The number of rotatable bonds is 10. The Morgan fingerprint density at radius 2 is 1.95 bits per heavy atom. The molecule has 0 spiro atoms. The number of nitrogens with two attached hydrogens (primary N) is 1. The molecule has 218 valence electrons. The van der Waals surface area contributed by atoms with E-state index in [2.05, 4.69) is 20.6 Å². The number of nitrogens with zero attached hydrogens (tertiary/aromatic N) is 6. The normalized spacial score (nSPS) is 19.5. The number of fused-ring (bicyclic) bond motifs is 1. The molecule has 2 aromatic heterocycles. The first-order valence-electron chi connectivity index (χ1n) is 14.2. The van der Waals surface area contributed by atoms with Gasteiger partial charge in [-0.2, -0.15) is 0 Å². The van der Waals surface area contributed by atoms with Crippen molar-refractivity contribution in [3.63, 3.8) is 0 Å². The highest BCUT2D eigenvalue weighted by atomic mass is 16.5. The first kappa shape index (κ1) is 28.5. The van der Waals surface area contributed by atoms with Crippen molar-refractivity contribution >= 4 is 28.8 Å². The largest absolute Gasteiger partial charge is 0.481 e. The molecule has 0 aliphatic carbocycles. The van der Waals surface area contributed by atoms with E-state index < -0.39 is 12.1 Å². The molecule has 0 radical (unpaired) electrons. The lowest BCUT2D eigenvalue weighted by atomic mass is 9.97. The standard InChI is InChI=1S/C29H38N8O4/c1-35-24-7-5-20(14-23(24)33-34-35)17-32-28(39)25-15-21(13-19-9-10-31-26(16-19)41-2)18-37(25)29(40)22(30)6-8-27(38)36-11-3-4-12-36/h5,7,9-10,14,16,21-22,25H,3-4,6,8,11-13,15,17-18,30H2,1-2H3,(H,32,39). The van der Waals surface area contributed by atoms with Crippen molar-refractivity contribution in [2.75, 3.05) is 26.7 Å². The minimum Gasteiger partial charge on any atom is -0.481 e. The second-order valence-electron chi connectivity index (χ2n) is 11.0. The molecule has 3 unspecified atom stereocenters. The SMILES string of the molecule is COc1cc(CC2CC(C(=O)NCc3ccc4c(c3)nnn4C)N(C(=O)C(N)CCC(=O)N3CCCC3)C2)ccn1. The maximum absolute atomic E-state index is 13.6. The number of nitrogens with one attached hydrogen (secondary N) is 1. The summed E-state index contributed by atoms with van der Waals surface area (Å²) in [5.74, 6) is 0.0811. The van der Waals surface area contributed by atoms with E-state index in [4.69, 9.17) is 10.5 Å². The molecular weight excluding hydrogens is 524 g/mol. The van der Waals surface area contributed by atoms with Gasteiger partial charge in [0.15, 0.2) is 0 Å². The van der Waals surface area contributed by atoms with Gasteiger partial charge in [0.1, 0.15) is 11.6 Å². The highest BCUT2D eigenvalue weighted by molar-refractivity contribution is 5.91. The van der Waals surface area contributed by atoms with Crippen LogP contribution in [0.4, 0.5) is 0 Å². The molecule has 0 saturated carbocycles. The number of carbonyl (C=O) groups excluding carboxylic acids is 3. The number of aryl methyl sites for hydroxylation is 1. The molecule has 2 aliphatic rings. The van der Waals surface area contributed by atoms with Gasteiger partial charge in [-0.05, 0) is 67.3 Å². The van der Waals surface area contributed by atoms with E-state index in [1.54, 1.807) is 22.9 Å². The molecule has 1 aromatic carbocycles. The van der Waals surface area contributed by atoms with Gasteiger partial charge in [-0.25, -0.2) is 9.67 Å². The number of carbonyl (C=O) groups is 3. The fraction of sp³-hybridized carbons (Fsp3) is 0.517. The van der Waals surface area contributed by atoms with Crippen molar-refractivity contribution in [2.45, 2.75) is 57.2 Å². The van der Waals surface area contributed by atoms with Crippen molar-refractivity contribution in [3.8, 4) is 5.88 Å². The van der Waals surface area contributed by atoms with Crippen LogP contribution in [0, 0.1) is 5.92 Å². The average Bonchev–Trinajstić information content (AvgIpc) is 3.75. The molecule has 5 rings (SSSR count). The fourth-order valence-corrected chi connectivity index (χ4v) is 5.83. The number of hydrogen-bond acceptors (Lipinski definition) is 8. The third kappa shape index (κ3) is 6.64. The van der Waals surface area contributed by atoms with Crippen molar-refractivity contribution in [1.29, 1.82) is 0 Å². The van der Waals surface area contributed by atoms with E-state index in [9.17, 15) is 14.4 Å². The van der Waals surface area contributed by atoms with E-state index in [1.165, 1.54) is 0 Å². The number of methoxy groups -OCH3 is 1. The summed E-state index contributed by atoms with van der Waals surface area (Å²) in [7, 11) is 3.40. The van der Waals surface area contributed by atoms with Crippen molar-refractivity contribution in [2.24, 2.45) is 18.7 Å². The van der Waals surface area contributed by atoms with Crippen molar-refractivity contribution < 1.29 is 19.1 Å². The van der Waals surface area contributed by atoms with Crippen LogP contribution < -0.4 is 15.8 Å². The van der Waals surface area contributed by atoms with Crippen LogP contribution in [0.5, 0.6) is 5.88 Å². The van der Waals surface area contributed by atoms with E-state index in [1.807, 2.05) is 42.3 Å². The van der Waals surface area contributed by atoms with Gasteiger partial charge in [0, 0.05) is 51.9 Å². The molecule has 3 amide bonds. The third-order valence-electron chi connectivity index (χ3n) is 8.09. The van der Waals surface area contributed by atoms with Crippen LogP contribution in [0.15, 0.2) is 36.5 Å². The van der Waals surface area contributed by atoms with Crippen LogP contribution in [-0.2, 0) is 34.4 Å². The third-order valence-corrected chi connectivity index (χ3v) is 8.09. The van der Waals surface area contributed by atoms with Crippen LogP contribution in [0.1, 0.15) is 43.2 Å². The minimum atomic E-state index is -0.851. The molecule has 12 nitrogen and oxygen atoms in total. The van der Waals surface area contributed by atoms with Gasteiger partial charge in [-0.1, -0.05) is 11.3 Å². The van der Waals surface area contributed by atoms with Gasteiger partial charge in [0.2, 0.25) is 23.6 Å². The van der Waals surface area contributed by atoms with Crippen LogP contribution in [0.2, 0.25) is 0 Å². The van der Waals surface area contributed by atoms with E-state index >= 15 is 0 Å². The summed E-state index contributed by atoms with van der Waals surface area (Å²) in [6, 6.07) is 8.03. The molecule has 3 N–H and O–H groups in total. The summed E-state index contributed by atoms with van der Waals surface area (Å²) in [6.07, 6.45) is 5.37. The zero-order valence-corrected chi connectivity index (χ0v) is 23.7. The van der Waals surface area contributed by atoms with Crippen LogP contribution in [0.25, 0.3) is 11.0 Å². The van der Waals surface area contributed by atoms with Gasteiger partial charge < -0.3 is 25.6 Å². The predicted octanol–water partition coefficient (Wildman–Crippen LogP) is 1.18. The number of aromatic nitrogens is 4. The Labute approximate surface area is 239 Å². The monoisotopic (exact) mass is 562 g/mol. The fourth-order valence-electron chi connectivity index (χ4n) is 5.83. The quantitative estimate of drug-likeness (QED) is 0.374. The van der Waals surface area contributed by atoms with Crippen LogP contribution in [0.3, 0.4) is 0 Å². The molecule has 3 aromatic rings. The zero-order chi connectivity index (χ0) is 28.9. The Kier molecular flexibility index (Phi) is 8.77. The average molecular weight is 563 g/mol. The molecular formula is C29H38N8O4. The molecule has 41 heavy (non-hydrogen) atoms. The lowest BCUT2D eigenvalue weighted by Gasteiger charge is -2.27. The minimum absolute atomic E-state index is 0.0334. The lowest BCUT2D eigenvalue weighted by Crippen LogP contribution is -2.51. The number of hydrogen-bond donors (Lipinski definition) is 2. The molecule has 0 bridgehead atoms. The first-order valence-corrected chi connectivity index (χ1v) is 14.2. The number of pyridine rings is 1. The predicted molar refractivity (Wildman–Crippen MR) is 151 cm³/mol. The van der Waals surface area contributed by atoms with E-state index in [0.29, 0.717) is 31.8 Å². The Morgan fingerprint density at radius 3 is 2.73 bits per heavy atom. The molecule has 2 saturated heterocycles. The Morgan fingerprint density at radius 1 is 1.15 bits per heavy atom. The van der Waals surface area contributed by atoms with E-state index in [-0.39, 0.29) is 36.5 Å². The summed E-state index contributed by atoms with van der Waals surface area (Å²) < 4.78 is 6.95. The smallest absolute Gasteiger partial charge is 0.243 e. The lowest BCUT2D eigenvalue weighted by molar-refractivity contribution is -0.140. The zero-order valence-electron chi connectivity index (χ0n) is 23.7. The Balaban J connectivity index is 1.26. The van der Waals surface area contributed by atoms with Crippen LogP contribution in [-0.4, -0.2) is 86.3 Å². The Bertz CT molecular complexity index is 1400. The first-order chi connectivity index (χ1) is 19.8. The summed E-state index contributed by atoms with van der Waals surface area (Å²) >= 11 is 0. The van der Waals surface area contributed by atoms with Gasteiger partial charge in [0.25, 0.3) is 0 Å². The second kappa shape index (κ2) is 12.6. The highest BCUT2D eigenvalue weighted by Gasteiger charge is 2.41. The summed E-state index contributed by atoms with van der Waals surface area (Å²) in [4.78, 5) is 47.2. The molecule has 4 heterocycles. The van der Waals surface area contributed by atoms with Crippen LogP contribution >= 0.6 is 0 Å². The van der Waals surface area contributed by atoms with Crippen molar-refractivity contribution in [3.05, 3.63) is 47.7 Å². The van der Waals surface area contributed by atoms with Crippen molar-refractivity contribution in [1.82, 2.24) is 35.1 Å². The maximum Gasteiger partial charge on any atom is 0.243 e. The van der Waals surface area contributed by atoms with Gasteiger partial charge in [-0.3, -0.25) is 14.4 Å². The molecule has 3 atom stereocenters. The maximum atomic E-state index is 13.6. The summed E-state index contributed by atoms with van der Waals surface area (Å²) in [6.45, 7) is 2.23. The van der Waals surface area contributed by atoms with Gasteiger partial charge in [0.05, 0.1) is 18.7 Å². The molecule has 2 fully saturated rings. The summed E-state index contributed by atoms with van der Waals surface area (Å²) in [5, 5.41) is 11.2. The highest BCUT2D eigenvalue weighted by Crippen LogP contribution is 2.28. The number of amides is 3. The number of likely N-dealkylation sites (tertiary alicyclic amines) is 2. The topological polar surface area (TPSA) is 149 Å². The van der Waals surface area contributed by atoms with Gasteiger partial charge in [-0.15, -0.1) is 5.10 Å². The second-order valence-corrected chi connectivity index (χ2v) is 11.0. The molecule has 12 heteroatoms. The molecule has 2 aliphatic heterocycles. The Hall–Kier alpha value is -4.06. The summed E-state index contributed by atoms with van der Waals surface area (Å²) in [5.41, 5.74) is 9.89. The van der Waals surface area contributed by atoms with E-state index in [0.717, 1.165) is 48.1 Å².